The van der Waals surface area contributed by atoms with Crippen LogP contribution in [0.2, 0.25) is 0 Å². The smallest absolute Gasteiger partial charge is 0.243 e. The highest BCUT2D eigenvalue weighted by Gasteiger charge is 2.08. The first-order valence-electron chi connectivity index (χ1n) is 6.33. The van der Waals surface area contributed by atoms with Crippen molar-refractivity contribution in [2.24, 2.45) is 0 Å². The van der Waals surface area contributed by atoms with Crippen molar-refractivity contribution in [1.29, 1.82) is 0 Å². The lowest BCUT2D eigenvalue weighted by Gasteiger charge is -2.26. The summed E-state index contributed by atoms with van der Waals surface area (Å²) < 4.78 is 0. The van der Waals surface area contributed by atoms with Gasteiger partial charge in [-0.15, -0.1) is 0 Å². The number of allylic oxidation sites excluding steroid dienone is 3. The third kappa shape index (κ3) is 6.92. The first-order valence-corrected chi connectivity index (χ1v) is 6.33. The van der Waals surface area contributed by atoms with Gasteiger partial charge in [0.05, 0.1) is 0 Å². The molecular weight excluding hydrogens is 214 g/mol. The van der Waals surface area contributed by atoms with E-state index in [1.807, 2.05) is 19.1 Å². The van der Waals surface area contributed by atoms with E-state index < -0.39 is 0 Å². The first-order chi connectivity index (χ1) is 8.33. The Morgan fingerprint density at radius 3 is 2.82 bits per heavy atom. The van der Waals surface area contributed by atoms with Crippen LogP contribution in [0, 0.1) is 0 Å². The van der Waals surface area contributed by atoms with Gasteiger partial charge in [-0.05, 0) is 19.9 Å². The number of carbonyl (C=O) groups excluding carboxylic acids is 1. The minimum Gasteiger partial charge on any atom is -0.353 e. The van der Waals surface area contributed by atoms with Crippen molar-refractivity contribution >= 4 is 5.91 Å². The molecule has 4 nitrogen and oxygen atoms in total. The zero-order chi connectivity index (χ0) is 12.3. The van der Waals surface area contributed by atoms with Crippen molar-refractivity contribution in [3.63, 3.8) is 0 Å². The van der Waals surface area contributed by atoms with Gasteiger partial charge >= 0.3 is 0 Å². The normalized spacial score (nSPS) is 17.9. The van der Waals surface area contributed by atoms with Gasteiger partial charge in [-0.3, -0.25) is 4.79 Å². The zero-order valence-electron chi connectivity index (χ0n) is 10.6. The molecule has 0 unspecified atom stereocenters. The Bertz CT molecular complexity index is 268. The van der Waals surface area contributed by atoms with Crippen molar-refractivity contribution in [3.05, 3.63) is 24.3 Å². The number of amides is 1. The van der Waals surface area contributed by atoms with Crippen LogP contribution in [0.1, 0.15) is 13.3 Å². The summed E-state index contributed by atoms with van der Waals surface area (Å²) in [5, 5.41) is 6.20. The summed E-state index contributed by atoms with van der Waals surface area (Å²) in [6, 6.07) is 0. The van der Waals surface area contributed by atoms with E-state index in [2.05, 4.69) is 15.5 Å². The SMILES string of the molecule is C/C=C/C=C/C(=O)NCCCN1CCNCC1. The standard InChI is InChI=1S/C13H23N3O/c1-2-3-4-6-13(17)15-7-5-10-16-11-8-14-9-12-16/h2-4,6,14H,5,7-12H2,1H3,(H,15,17)/b3-2+,6-4+. The lowest BCUT2D eigenvalue weighted by molar-refractivity contribution is -0.116. The third-order valence-corrected chi connectivity index (χ3v) is 2.71. The number of nitrogens with zero attached hydrogens (tertiary/aromatic N) is 1. The molecule has 0 spiro atoms. The molecule has 1 saturated heterocycles. The van der Waals surface area contributed by atoms with E-state index in [0.717, 1.165) is 45.7 Å². The van der Waals surface area contributed by atoms with E-state index in [0.29, 0.717) is 0 Å². The minimum atomic E-state index is -0.0107. The number of hydrogen-bond donors (Lipinski definition) is 2. The molecule has 0 atom stereocenters. The number of carbonyl (C=O) groups is 1. The minimum absolute atomic E-state index is 0.0107. The summed E-state index contributed by atoms with van der Waals surface area (Å²) in [6.07, 6.45) is 8.08. The second-order valence-corrected chi connectivity index (χ2v) is 4.12. The van der Waals surface area contributed by atoms with E-state index in [1.165, 1.54) is 0 Å². The van der Waals surface area contributed by atoms with E-state index in [4.69, 9.17) is 0 Å². The molecule has 1 aliphatic rings. The molecule has 4 heteroatoms. The van der Waals surface area contributed by atoms with Crippen molar-refractivity contribution < 1.29 is 4.79 Å². The van der Waals surface area contributed by atoms with Gasteiger partial charge in [0.25, 0.3) is 0 Å². The molecule has 17 heavy (non-hydrogen) atoms. The molecule has 0 bridgehead atoms. The fourth-order valence-corrected chi connectivity index (χ4v) is 1.76. The Labute approximate surface area is 104 Å². The summed E-state index contributed by atoms with van der Waals surface area (Å²) in [7, 11) is 0. The van der Waals surface area contributed by atoms with Crippen molar-refractivity contribution in [1.82, 2.24) is 15.5 Å². The van der Waals surface area contributed by atoms with E-state index in [-0.39, 0.29) is 5.91 Å². The van der Waals surface area contributed by atoms with Gasteiger partial charge in [-0.25, -0.2) is 0 Å². The van der Waals surface area contributed by atoms with Crippen LogP contribution in [0.3, 0.4) is 0 Å². The predicted molar refractivity (Wildman–Crippen MR) is 70.9 cm³/mol. The van der Waals surface area contributed by atoms with Crippen molar-refractivity contribution in [2.45, 2.75) is 13.3 Å². The Kier molecular flexibility index (Phi) is 7.34. The fourth-order valence-electron chi connectivity index (χ4n) is 1.76. The average molecular weight is 237 g/mol. The van der Waals surface area contributed by atoms with E-state index >= 15 is 0 Å². The molecule has 0 aliphatic carbocycles. The second kappa shape index (κ2) is 8.96. The second-order valence-electron chi connectivity index (χ2n) is 4.12. The molecule has 2 N–H and O–H groups in total. The van der Waals surface area contributed by atoms with Crippen LogP contribution in [0.15, 0.2) is 24.3 Å². The van der Waals surface area contributed by atoms with E-state index in [1.54, 1.807) is 12.2 Å². The molecule has 1 fully saturated rings. The highest BCUT2D eigenvalue weighted by molar-refractivity contribution is 5.87. The monoisotopic (exact) mass is 237 g/mol. The summed E-state index contributed by atoms with van der Waals surface area (Å²) >= 11 is 0. The quantitative estimate of drug-likeness (QED) is 0.402. The molecule has 96 valence electrons. The molecule has 1 heterocycles. The molecule has 1 aliphatic heterocycles. The van der Waals surface area contributed by atoms with Crippen LogP contribution in [-0.2, 0) is 4.79 Å². The summed E-state index contributed by atoms with van der Waals surface area (Å²) in [4.78, 5) is 13.7. The largest absolute Gasteiger partial charge is 0.353 e. The maximum Gasteiger partial charge on any atom is 0.243 e. The topological polar surface area (TPSA) is 44.4 Å². The predicted octanol–water partition coefficient (Wildman–Crippen LogP) is 0.530. The summed E-state index contributed by atoms with van der Waals surface area (Å²) in [5.41, 5.74) is 0. The van der Waals surface area contributed by atoms with Gasteiger partial charge in [0.2, 0.25) is 5.91 Å². The van der Waals surface area contributed by atoms with Crippen molar-refractivity contribution in [3.8, 4) is 0 Å². The third-order valence-electron chi connectivity index (χ3n) is 2.71. The van der Waals surface area contributed by atoms with Gasteiger partial charge in [-0.1, -0.05) is 18.2 Å². The molecule has 1 amide bonds. The molecule has 0 radical (unpaired) electrons. The fraction of sp³-hybridized carbons (Fsp3) is 0.615. The Morgan fingerprint density at radius 1 is 1.35 bits per heavy atom. The van der Waals surface area contributed by atoms with Crippen LogP contribution in [0.4, 0.5) is 0 Å². The van der Waals surface area contributed by atoms with Crippen LogP contribution in [0.5, 0.6) is 0 Å². The number of rotatable bonds is 6. The molecule has 0 aromatic heterocycles. The van der Waals surface area contributed by atoms with Gasteiger partial charge < -0.3 is 15.5 Å². The molecule has 0 saturated carbocycles. The number of hydrogen-bond acceptors (Lipinski definition) is 3. The first kappa shape index (κ1) is 13.9. The number of piperazine rings is 1. The van der Waals surface area contributed by atoms with Gasteiger partial charge in [0.15, 0.2) is 0 Å². The summed E-state index contributed by atoms with van der Waals surface area (Å²) in [5.74, 6) is -0.0107. The lowest BCUT2D eigenvalue weighted by atomic mass is 10.3. The van der Waals surface area contributed by atoms with Crippen LogP contribution in [0.25, 0.3) is 0 Å². The maximum atomic E-state index is 11.3. The van der Waals surface area contributed by atoms with Gasteiger partial charge in [0.1, 0.15) is 0 Å². The molecular formula is C13H23N3O. The number of nitrogens with one attached hydrogen (secondary N) is 2. The van der Waals surface area contributed by atoms with Gasteiger partial charge in [0, 0.05) is 38.8 Å². The highest BCUT2D eigenvalue weighted by Crippen LogP contribution is 1.93. The lowest BCUT2D eigenvalue weighted by Crippen LogP contribution is -2.44. The molecule has 0 aromatic carbocycles. The van der Waals surface area contributed by atoms with Crippen LogP contribution < -0.4 is 10.6 Å². The Balaban J connectivity index is 2.01. The molecule has 1 rings (SSSR count). The average Bonchev–Trinajstić information content (AvgIpc) is 2.36. The zero-order valence-corrected chi connectivity index (χ0v) is 10.6. The maximum absolute atomic E-state index is 11.3. The Morgan fingerprint density at radius 2 is 2.12 bits per heavy atom. The van der Waals surface area contributed by atoms with E-state index in [9.17, 15) is 4.79 Å². The van der Waals surface area contributed by atoms with Crippen LogP contribution in [-0.4, -0.2) is 50.1 Å². The Hall–Kier alpha value is -1.13. The highest BCUT2D eigenvalue weighted by atomic mass is 16.1. The van der Waals surface area contributed by atoms with Crippen molar-refractivity contribution in [2.75, 3.05) is 39.3 Å². The molecule has 0 aromatic rings. The summed E-state index contributed by atoms with van der Waals surface area (Å²) in [6.45, 7) is 8.15. The van der Waals surface area contributed by atoms with Crippen LogP contribution >= 0.6 is 0 Å². The van der Waals surface area contributed by atoms with Gasteiger partial charge in [-0.2, -0.15) is 0 Å².